The predicted molar refractivity (Wildman–Crippen MR) is 78.6 cm³/mol. The van der Waals surface area contributed by atoms with Crippen LogP contribution in [0.4, 0.5) is 0 Å². The number of rotatable bonds is 7. The Balaban J connectivity index is 1.72. The van der Waals surface area contributed by atoms with E-state index in [4.69, 9.17) is 0 Å². The highest BCUT2D eigenvalue weighted by Gasteiger charge is 2.29. The zero-order valence-corrected chi connectivity index (χ0v) is 13.1. The van der Waals surface area contributed by atoms with Gasteiger partial charge in [0.1, 0.15) is 0 Å². The topological polar surface area (TPSA) is 49.4 Å². The van der Waals surface area contributed by atoms with Crippen LogP contribution in [0.3, 0.4) is 0 Å². The van der Waals surface area contributed by atoms with Gasteiger partial charge in [-0.15, -0.1) is 0 Å². The van der Waals surface area contributed by atoms with E-state index in [1.54, 1.807) is 4.31 Å². The quantitative estimate of drug-likeness (QED) is 0.779. The Morgan fingerprint density at radius 2 is 1.84 bits per heavy atom. The third-order valence-electron chi connectivity index (χ3n) is 4.21. The normalized spacial score (nSPS) is 24.5. The van der Waals surface area contributed by atoms with Crippen LogP contribution in [0.5, 0.6) is 0 Å². The molecule has 1 heterocycles. The van der Waals surface area contributed by atoms with Crippen LogP contribution in [0.1, 0.15) is 52.4 Å². The summed E-state index contributed by atoms with van der Waals surface area (Å²) in [6.45, 7) is 5.57. The summed E-state index contributed by atoms with van der Waals surface area (Å²) < 4.78 is 25.6. The summed E-state index contributed by atoms with van der Waals surface area (Å²) in [7, 11) is -2.99. The molecule has 19 heavy (non-hydrogen) atoms. The largest absolute Gasteiger partial charge is 0.311 e. The number of sulfonamides is 1. The maximum absolute atomic E-state index is 12.0. The van der Waals surface area contributed by atoms with Crippen molar-refractivity contribution in [3.63, 3.8) is 0 Å². The first kappa shape index (κ1) is 15.3. The first-order valence-electron chi connectivity index (χ1n) is 7.75. The van der Waals surface area contributed by atoms with Gasteiger partial charge in [0.25, 0.3) is 0 Å². The highest BCUT2D eigenvalue weighted by Crippen LogP contribution is 2.33. The third-order valence-corrected chi connectivity index (χ3v) is 6.29. The van der Waals surface area contributed by atoms with E-state index in [0.29, 0.717) is 37.3 Å². The van der Waals surface area contributed by atoms with E-state index >= 15 is 0 Å². The van der Waals surface area contributed by atoms with Gasteiger partial charge in [-0.05, 0) is 38.5 Å². The minimum absolute atomic E-state index is 0.295. The fraction of sp³-hybridized carbons (Fsp3) is 1.00. The Hall–Kier alpha value is -0.130. The first-order chi connectivity index (χ1) is 9.01. The number of nitrogens with one attached hydrogen (secondary N) is 1. The van der Waals surface area contributed by atoms with Gasteiger partial charge in [0.05, 0.1) is 5.75 Å². The summed E-state index contributed by atoms with van der Waals surface area (Å²) in [5.74, 6) is 1.25. The third kappa shape index (κ3) is 4.72. The van der Waals surface area contributed by atoms with Crippen LogP contribution >= 0.6 is 0 Å². The standard InChI is InChI=1S/C14H28N2O2S/c1-3-10-19(17,18)16-8-6-14(7-9-16)15-12(2)11-13-4-5-13/h12-15H,3-11H2,1-2H3. The van der Waals surface area contributed by atoms with Gasteiger partial charge < -0.3 is 5.32 Å². The van der Waals surface area contributed by atoms with E-state index < -0.39 is 10.0 Å². The molecule has 1 N–H and O–H groups in total. The molecule has 1 aliphatic carbocycles. The fourth-order valence-corrected chi connectivity index (χ4v) is 4.55. The smallest absolute Gasteiger partial charge is 0.214 e. The molecular weight excluding hydrogens is 260 g/mol. The minimum Gasteiger partial charge on any atom is -0.311 e. The lowest BCUT2D eigenvalue weighted by atomic mass is 10.0. The van der Waals surface area contributed by atoms with Crippen LogP contribution in [-0.2, 0) is 10.0 Å². The maximum Gasteiger partial charge on any atom is 0.214 e. The molecule has 1 atom stereocenters. The lowest BCUT2D eigenvalue weighted by molar-refractivity contribution is 0.271. The zero-order chi connectivity index (χ0) is 13.9. The molecule has 1 saturated carbocycles. The monoisotopic (exact) mass is 288 g/mol. The van der Waals surface area contributed by atoms with Crippen molar-refractivity contribution in [1.29, 1.82) is 0 Å². The zero-order valence-electron chi connectivity index (χ0n) is 12.3. The maximum atomic E-state index is 12.0. The van der Waals surface area contributed by atoms with Crippen LogP contribution in [0.2, 0.25) is 0 Å². The van der Waals surface area contributed by atoms with Crippen molar-refractivity contribution in [3.05, 3.63) is 0 Å². The molecule has 2 rings (SSSR count). The average Bonchev–Trinajstić information content (AvgIpc) is 3.13. The highest BCUT2D eigenvalue weighted by molar-refractivity contribution is 7.89. The van der Waals surface area contributed by atoms with Crippen molar-refractivity contribution >= 4 is 10.0 Å². The molecule has 0 bridgehead atoms. The Bertz CT molecular complexity index is 371. The van der Waals surface area contributed by atoms with Crippen molar-refractivity contribution in [1.82, 2.24) is 9.62 Å². The predicted octanol–water partition coefficient (Wildman–Crippen LogP) is 1.97. The summed E-state index contributed by atoms with van der Waals surface area (Å²) in [4.78, 5) is 0. The lowest BCUT2D eigenvalue weighted by Gasteiger charge is -2.33. The number of hydrogen-bond donors (Lipinski definition) is 1. The molecule has 4 nitrogen and oxygen atoms in total. The van der Waals surface area contributed by atoms with E-state index in [1.165, 1.54) is 19.3 Å². The van der Waals surface area contributed by atoms with E-state index in [9.17, 15) is 8.42 Å². The molecule has 2 fully saturated rings. The van der Waals surface area contributed by atoms with Crippen LogP contribution in [0.25, 0.3) is 0 Å². The molecular formula is C14H28N2O2S. The number of hydrogen-bond acceptors (Lipinski definition) is 3. The summed E-state index contributed by atoms with van der Waals surface area (Å²) >= 11 is 0. The summed E-state index contributed by atoms with van der Waals surface area (Å²) in [6.07, 6.45) is 6.71. The summed E-state index contributed by atoms with van der Waals surface area (Å²) in [5.41, 5.74) is 0. The van der Waals surface area contributed by atoms with Crippen molar-refractivity contribution in [2.45, 2.75) is 64.5 Å². The molecule has 0 aromatic heterocycles. The molecule has 1 saturated heterocycles. The van der Waals surface area contributed by atoms with Gasteiger partial charge >= 0.3 is 0 Å². The van der Waals surface area contributed by atoms with E-state index in [-0.39, 0.29) is 0 Å². The van der Waals surface area contributed by atoms with Gasteiger partial charge in [0.2, 0.25) is 10.0 Å². The van der Waals surface area contributed by atoms with Gasteiger partial charge in [0.15, 0.2) is 0 Å². The Kier molecular flexibility index (Phi) is 5.26. The Labute approximate surface area is 118 Å². The summed E-state index contributed by atoms with van der Waals surface area (Å²) in [6, 6.07) is 1.08. The second kappa shape index (κ2) is 6.55. The minimum atomic E-state index is -2.99. The second-order valence-corrected chi connectivity index (χ2v) is 8.32. The summed E-state index contributed by atoms with van der Waals surface area (Å²) in [5, 5.41) is 3.67. The van der Waals surface area contributed by atoms with Gasteiger partial charge in [-0.1, -0.05) is 19.8 Å². The molecule has 2 aliphatic rings. The van der Waals surface area contributed by atoms with Crippen LogP contribution < -0.4 is 5.32 Å². The van der Waals surface area contributed by atoms with E-state index in [0.717, 1.165) is 18.8 Å². The molecule has 112 valence electrons. The Morgan fingerprint density at radius 3 is 2.37 bits per heavy atom. The molecule has 0 amide bonds. The number of nitrogens with zero attached hydrogens (tertiary/aromatic N) is 1. The van der Waals surface area contributed by atoms with Gasteiger partial charge in [-0.25, -0.2) is 12.7 Å². The SMILES string of the molecule is CCCS(=O)(=O)N1CCC(NC(C)CC2CC2)CC1. The molecule has 0 aromatic carbocycles. The second-order valence-electron chi connectivity index (χ2n) is 6.24. The van der Waals surface area contributed by atoms with E-state index in [2.05, 4.69) is 12.2 Å². The van der Waals surface area contributed by atoms with Gasteiger partial charge in [-0.2, -0.15) is 0 Å². The van der Waals surface area contributed by atoms with Crippen molar-refractivity contribution in [3.8, 4) is 0 Å². The van der Waals surface area contributed by atoms with Crippen LogP contribution in [0, 0.1) is 5.92 Å². The van der Waals surface area contributed by atoms with Crippen molar-refractivity contribution in [2.75, 3.05) is 18.8 Å². The van der Waals surface area contributed by atoms with Crippen molar-refractivity contribution < 1.29 is 8.42 Å². The highest BCUT2D eigenvalue weighted by atomic mass is 32.2. The molecule has 5 heteroatoms. The lowest BCUT2D eigenvalue weighted by Crippen LogP contribution is -2.47. The Morgan fingerprint density at radius 1 is 1.21 bits per heavy atom. The van der Waals surface area contributed by atoms with Crippen LogP contribution in [0.15, 0.2) is 0 Å². The molecule has 1 unspecified atom stereocenters. The van der Waals surface area contributed by atoms with E-state index in [1.807, 2.05) is 6.92 Å². The van der Waals surface area contributed by atoms with Gasteiger partial charge in [-0.3, -0.25) is 0 Å². The number of piperidine rings is 1. The van der Waals surface area contributed by atoms with Crippen LogP contribution in [-0.4, -0.2) is 43.6 Å². The molecule has 0 aromatic rings. The average molecular weight is 288 g/mol. The van der Waals surface area contributed by atoms with Gasteiger partial charge in [0, 0.05) is 25.2 Å². The molecule has 0 spiro atoms. The molecule has 0 radical (unpaired) electrons. The fourth-order valence-electron chi connectivity index (χ4n) is 3.01. The van der Waals surface area contributed by atoms with Crippen molar-refractivity contribution in [2.24, 2.45) is 5.92 Å². The molecule has 1 aliphatic heterocycles. The first-order valence-corrected chi connectivity index (χ1v) is 9.36.